The number of hydrogen-bond acceptors (Lipinski definition) is 2. The van der Waals surface area contributed by atoms with Crippen molar-refractivity contribution in [2.45, 2.75) is 116 Å². The number of phenolic OH excluding ortho intramolecular Hbond substituents is 1. The van der Waals surface area contributed by atoms with Crippen LogP contribution in [0.3, 0.4) is 0 Å². The summed E-state index contributed by atoms with van der Waals surface area (Å²) in [5.74, 6) is -0.337. The summed E-state index contributed by atoms with van der Waals surface area (Å²) < 4.78 is 0. The van der Waals surface area contributed by atoms with Gasteiger partial charge in [0.25, 0.3) is 0 Å². The molecular weight excluding hydrogens is 372 g/mol. The van der Waals surface area contributed by atoms with Crippen LogP contribution >= 0.6 is 0 Å². The van der Waals surface area contributed by atoms with Gasteiger partial charge < -0.3 is 10.2 Å². The molecule has 0 heterocycles. The predicted octanol–water partition coefficient (Wildman–Crippen LogP) is 8.51. The van der Waals surface area contributed by atoms with Crippen LogP contribution < -0.4 is 0 Å². The van der Waals surface area contributed by atoms with E-state index in [0.717, 1.165) is 24.8 Å². The van der Waals surface area contributed by atoms with E-state index in [1.807, 2.05) is 12.1 Å². The maximum Gasteiger partial charge on any atom is 0.303 e. The first-order chi connectivity index (χ1) is 14.7. The Labute approximate surface area is 184 Å². The van der Waals surface area contributed by atoms with E-state index in [2.05, 4.69) is 12.2 Å². The van der Waals surface area contributed by atoms with E-state index in [0.29, 0.717) is 12.2 Å². The van der Waals surface area contributed by atoms with Crippen LogP contribution in [0.4, 0.5) is 0 Å². The molecule has 0 fully saturated rings. The molecule has 0 aliphatic heterocycles. The van der Waals surface area contributed by atoms with Crippen molar-refractivity contribution in [1.82, 2.24) is 0 Å². The van der Waals surface area contributed by atoms with Crippen molar-refractivity contribution in [1.29, 1.82) is 0 Å². The first kappa shape index (κ1) is 26.3. The first-order valence-electron chi connectivity index (χ1n) is 12.4. The molecule has 3 nitrogen and oxygen atoms in total. The topological polar surface area (TPSA) is 57.5 Å². The van der Waals surface area contributed by atoms with Crippen molar-refractivity contribution >= 4 is 12.0 Å². The Morgan fingerprint density at radius 1 is 0.633 bits per heavy atom. The third-order valence-corrected chi connectivity index (χ3v) is 5.71. The molecule has 1 aromatic rings. The van der Waals surface area contributed by atoms with Gasteiger partial charge in [-0.15, -0.1) is 0 Å². The van der Waals surface area contributed by atoms with Crippen molar-refractivity contribution in [2.24, 2.45) is 0 Å². The number of aliphatic carboxylic acids is 1. The number of rotatable bonds is 20. The van der Waals surface area contributed by atoms with Gasteiger partial charge in [-0.2, -0.15) is 0 Å². The Kier molecular flexibility index (Phi) is 16.8. The van der Waals surface area contributed by atoms with Crippen LogP contribution in [0.2, 0.25) is 0 Å². The number of unbranched alkanes of at least 4 members (excludes halogenated alkanes) is 16. The van der Waals surface area contributed by atoms with Crippen LogP contribution in [-0.2, 0) is 4.79 Å². The lowest BCUT2D eigenvalue weighted by atomic mass is 10.0. The Morgan fingerprint density at radius 3 is 1.47 bits per heavy atom. The minimum Gasteiger partial charge on any atom is -0.508 e. The third kappa shape index (κ3) is 17.1. The molecule has 3 heteroatoms. The van der Waals surface area contributed by atoms with Gasteiger partial charge >= 0.3 is 5.97 Å². The fourth-order valence-corrected chi connectivity index (χ4v) is 3.82. The minimum absolute atomic E-state index is 0.324. The fraction of sp³-hybridized carbons (Fsp3) is 0.667. The second kappa shape index (κ2) is 19.2. The number of carboxylic acid groups (broad SMARTS) is 1. The molecule has 0 aliphatic carbocycles. The Morgan fingerprint density at radius 2 is 1.03 bits per heavy atom. The molecule has 170 valence electrons. The summed E-state index contributed by atoms with van der Waals surface area (Å²) in [6.07, 6.45) is 26.6. The standard InChI is InChI=1S/C27H44O3/c28-26-23-21-25(22-24-26)19-17-15-13-11-9-7-5-3-1-2-4-6-8-10-12-14-16-18-20-27(29)30/h17,19,21-24,28H,1-16,18,20H2,(H,29,30)/b19-17-. The normalized spacial score (nSPS) is 11.3. The highest BCUT2D eigenvalue weighted by Gasteiger charge is 1.97. The highest BCUT2D eigenvalue weighted by Crippen LogP contribution is 2.15. The van der Waals surface area contributed by atoms with E-state index in [4.69, 9.17) is 5.11 Å². The second-order valence-electron chi connectivity index (χ2n) is 8.58. The van der Waals surface area contributed by atoms with Crippen molar-refractivity contribution in [2.75, 3.05) is 0 Å². The summed E-state index contributed by atoms with van der Waals surface area (Å²) in [4.78, 5) is 10.4. The molecular formula is C27H44O3. The largest absolute Gasteiger partial charge is 0.508 e. The second-order valence-corrected chi connectivity index (χ2v) is 8.58. The lowest BCUT2D eigenvalue weighted by Crippen LogP contribution is -1.93. The van der Waals surface area contributed by atoms with Crippen LogP contribution in [0, 0.1) is 0 Å². The summed E-state index contributed by atoms with van der Waals surface area (Å²) in [6, 6.07) is 7.35. The summed E-state index contributed by atoms with van der Waals surface area (Å²) >= 11 is 0. The summed E-state index contributed by atoms with van der Waals surface area (Å²) in [5, 5.41) is 17.9. The molecule has 2 N–H and O–H groups in total. The van der Waals surface area contributed by atoms with E-state index >= 15 is 0 Å². The van der Waals surface area contributed by atoms with Crippen molar-refractivity contribution in [3.8, 4) is 5.75 Å². The number of aromatic hydroxyl groups is 1. The zero-order chi connectivity index (χ0) is 21.7. The lowest BCUT2D eigenvalue weighted by molar-refractivity contribution is -0.137. The summed E-state index contributed by atoms with van der Waals surface area (Å²) in [7, 11) is 0. The number of carbonyl (C=O) groups is 1. The van der Waals surface area contributed by atoms with Gasteiger partial charge in [0, 0.05) is 6.42 Å². The van der Waals surface area contributed by atoms with Crippen LogP contribution in [0.1, 0.15) is 121 Å². The number of allylic oxidation sites excluding steroid dienone is 1. The monoisotopic (exact) mass is 416 g/mol. The molecule has 1 rings (SSSR count). The molecule has 0 saturated heterocycles. The average molecular weight is 417 g/mol. The van der Waals surface area contributed by atoms with Gasteiger partial charge in [-0.25, -0.2) is 0 Å². The van der Waals surface area contributed by atoms with Gasteiger partial charge in [-0.3, -0.25) is 4.79 Å². The highest BCUT2D eigenvalue weighted by molar-refractivity contribution is 5.66. The lowest BCUT2D eigenvalue weighted by Gasteiger charge is -2.03. The van der Waals surface area contributed by atoms with E-state index in [1.165, 1.54) is 89.9 Å². The number of benzene rings is 1. The molecule has 1 aromatic carbocycles. The maximum atomic E-state index is 10.4. The third-order valence-electron chi connectivity index (χ3n) is 5.71. The van der Waals surface area contributed by atoms with E-state index in [-0.39, 0.29) is 0 Å². The molecule has 0 spiro atoms. The van der Waals surface area contributed by atoms with Gasteiger partial charge in [-0.05, 0) is 37.0 Å². The van der Waals surface area contributed by atoms with Gasteiger partial charge in [0.2, 0.25) is 0 Å². The molecule has 0 aromatic heterocycles. The molecule has 0 aliphatic rings. The number of carboxylic acids is 1. The molecule has 30 heavy (non-hydrogen) atoms. The van der Waals surface area contributed by atoms with Crippen molar-refractivity contribution < 1.29 is 15.0 Å². The van der Waals surface area contributed by atoms with Gasteiger partial charge in [0.1, 0.15) is 5.75 Å². The molecule has 0 atom stereocenters. The number of phenols is 1. The Balaban J connectivity index is 1.73. The zero-order valence-corrected chi connectivity index (χ0v) is 19.0. The van der Waals surface area contributed by atoms with Gasteiger partial charge in [0.15, 0.2) is 0 Å². The smallest absolute Gasteiger partial charge is 0.303 e. The molecule has 0 radical (unpaired) electrons. The maximum absolute atomic E-state index is 10.4. The van der Waals surface area contributed by atoms with Crippen molar-refractivity contribution in [3.05, 3.63) is 35.9 Å². The van der Waals surface area contributed by atoms with E-state index in [9.17, 15) is 9.90 Å². The molecule has 0 unspecified atom stereocenters. The Bertz CT molecular complexity index is 548. The highest BCUT2D eigenvalue weighted by atomic mass is 16.4. The first-order valence-corrected chi connectivity index (χ1v) is 12.4. The van der Waals surface area contributed by atoms with Crippen LogP contribution in [0.15, 0.2) is 30.3 Å². The molecule has 0 bridgehead atoms. The van der Waals surface area contributed by atoms with Crippen LogP contribution in [0.25, 0.3) is 6.08 Å². The van der Waals surface area contributed by atoms with Crippen LogP contribution in [-0.4, -0.2) is 16.2 Å². The molecule has 0 saturated carbocycles. The van der Waals surface area contributed by atoms with Gasteiger partial charge in [-0.1, -0.05) is 114 Å². The summed E-state index contributed by atoms with van der Waals surface area (Å²) in [6.45, 7) is 0. The van der Waals surface area contributed by atoms with Gasteiger partial charge in [0.05, 0.1) is 0 Å². The van der Waals surface area contributed by atoms with E-state index in [1.54, 1.807) is 12.1 Å². The average Bonchev–Trinajstić information content (AvgIpc) is 2.73. The quantitative estimate of drug-likeness (QED) is 0.209. The summed E-state index contributed by atoms with van der Waals surface area (Å²) in [5.41, 5.74) is 1.15. The fourth-order valence-electron chi connectivity index (χ4n) is 3.82. The zero-order valence-electron chi connectivity index (χ0n) is 19.0. The Hall–Kier alpha value is -1.77. The SMILES string of the molecule is O=C(O)CCCCCCCCCCCCCCCCCC/C=C\c1ccc(O)cc1. The minimum atomic E-state index is -0.661. The predicted molar refractivity (Wildman–Crippen MR) is 128 cm³/mol. The van der Waals surface area contributed by atoms with Crippen molar-refractivity contribution in [3.63, 3.8) is 0 Å². The molecule has 0 amide bonds. The number of hydrogen-bond donors (Lipinski definition) is 2. The van der Waals surface area contributed by atoms with E-state index < -0.39 is 5.97 Å². The van der Waals surface area contributed by atoms with Crippen LogP contribution in [0.5, 0.6) is 5.75 Å².